The molecule has 5 rings (SSSR count). The van der Waals surface area contributed by atoms with E-state index in [2.05, 4.69) is 11.9 Å². The number of pyridine rings is 1. The van der Waals surface area contributed by atoms with E-state index in [1.54, 1.807) is 12.3 Å². The highest BCUT2D eigenvalue weighted by atomic mass is 16.3. The number of aldehydes is 1. The predicted octanol–water partition coefficient (Wildman–Crippen LogP) is 2.27. The Kier molecular flexibility index (Phi) is 4.42. The maximum atomic E-state index is 12.5. The molecule has 6 nitrogen and oxygen atoms in total. The van der Waals surface area contributed by atoms with Gasteiger partial charge in [-0.05, 0) is 74.7 Å². The van der Waals surface area contributed by atoms with E-state index >= 15 is 0 Å². The van der Waals surface area contributed by atoms with Gasteiger partial charge in [-0.3, -0.25) is 4.79 Å². The molecule has 1 heterocycles. The number of hydrogen-bond acceptors (Lipinski definition) is 5. The zero-order valence-corrected chi connectivity index (χ0v) is 17.6. The Morgan fingerprint density at radius 2 is 1.80 bits per heavy atom. The summed E-state index contributed by atoms with van der Waals surface area (Å²) < 4.78 is 0. The largest absolute Gasteiger partial charge is 0.393 e. The molecule has 4 saturated carbocycles. The highest BCUT2D eigenvalue weighted by molar-refractivity contribution is 5.64. The number of hydrogen-bond donors (Lipinski definition) is 4. The lowest BCUT2D eigenvalue weighted by atomic mass is 9.41. The van der Waals surface area contributed by atoms with Gasteiger partial charge in [0.15, 0.2) is 0 Å². The minimum absolute atomic E-state index is 0.0373. The van der Waals surface area contributed by atoms with E-state index in [4.69, 9.17) is 0 Å². The molecule has 1 aromatic heterocycles. The van der Waals surface area contributed by atoms with Crippen molar-refractivity contribution >= 4 is 6.29 Å². The van der Waals surface area contributed by atoms with Crippen LogP contribution in [0.4, 0.5) is 0 Å². The second-order valence-electron chi connectivity index (χ2n) is 10.8. The van der Waals surface area contributed by atoms with E-state index in [0.717, 1.165) is 31.1 Å². The number of aliphatic hydroxyl groups is 3. The fraction of sp³-hybridized carbons (Fsp3) is 0.750. The summed E-state index contributed by atoms with van der Waals surface area (Å²) in [6, 6.07) is 3.43. The van der Waals surface area contributed by atoms with Gasteiger partial charge < -0.3 is 25.1 Å². The van der Waals surface area contributed by atoms with Crippen LogP contribution in [0.3, 0.4) is 0 Å². The van der Waals surface area contributed by atoms with Crippen molar-refractivity contribution in [2.24, 2.45) is 22.7 Å². The van der Waals surface area contributed by atoms with Crippen LogP contribution in [0.1, 0.15) is 76.2 Å². The van der Waals surface area contributed by atoms with Crippen LogP contribution in [0.2, 0.25) is 0 Å². The number of rotatable bonds is 2. The Morgan fingerprint density at radius 3 is 2.50 bits per heavy atom. The van der Waals surface area contributed by atoms with Gasteiger partial charge in [0, 0.05) is 24.1 Å². The Bertz CT molecular complexity index is 895. The van der Waals surface area contributed by atoms with Gasteiger partial charge in [0.1, 0.15) is 6.29 Å². The molecular weight excluding hydrogens is 382 g/mol. The summed E-state index contributed by atoms with van der Waals surface area (Å²) >= 11 is 0. The summed E-state index contributed by atoms with van der Waals surface area (Å²) in [5.74, 6) is 0.0554. The molecule has 1 unspecified atom stereocenters. The Hall–Kier alpha value is -1.50. The molecule has 6 heteroatoms. The summed E-state index contributed by atoms with van der Waals surface area (Å²) in [5, 5.41) is 33.8. The Balaban J connectivity index is 1.53. The number of nitrogens with one attached hydrogen (secondary N) is 1. The van der Waals surface area contributed by atoms with Crippen molar-refractivity contribution in [1.82, 2.24) is 4.98 Å². The molecule has 0 saturated heterocycles. The third kappa shape index (κ3) is 2.41. The SMILES string of the molecule is C[C@]12CC[C@H]3[C@@H](CC[C@]4(O)C[C@@H](O)CC[C@]34C=O)[C@@]1(O)CCC2c1ccc(=O)[nH]c1. The highest BCUT2D eigenvalue weighted by Crippen LogP contribution is 2.70. The number of aromatic nitrogens is 1. The number of carbonyl (C=O) groups is 1. The van der Waals surface area contributed by atoms with Gasteiger partial charge in [-0.2, -0.15) is 0 Å². The van der Waals surface area contributed by atoms with E-state index in [1.165, 1.54) is 0 Å². The van der Waals surface area contributed by atoms with Crippen molar-refractivity contribution in [3.63, 3.8) is 0 Å². The topological polar surface area (TPSA) is 111 Å². The fourth-order valence-electron chi connectivity index (χ4n) is 8.33. The van der Waals surface area contributed by atoms with Crippen LogP contribution in [0, 0.1) is 22.7 Å². The number of H-pyrrole nitrogens is 1. The molecule has 4 aliphatic rings. The molecule has 4 aliphatic carbocycles. The van der Waals surface area contributed by atoms with Gasteiger partial charge in [0.2, 0.25) is 5.56 Å². The molecule has 0 bridgehead atoms. The third-order valence-corrected chi connectivity index (χ3v) is 9.93. The summed E-state index contributed by atoms with van der Waals surface area (Å²) in [5.41, 5.74) is -2.34. The Morgan fingerprint density at radius 1 is 1.03 bits per heavy atom. The molecule has 8 atom stereocenters. The molecule has 0 amide bonds. The lowest BCUT2D eigenvalue weighted by Crippen LogP contribution is -2.68. The molecular formula is C24H33NO5. The average Bonchev–Trinajstić information content (AvgIpc) is 2.99. The molecule has 0 aliphatic heterocycles. The number of aliphatic hydroxyl groups excluding tert-OH is 1. The summed E-state index contributed by atoms with van der Waals surface area (Å²) in [6.07, 6.45) is 7.68. The van der Waals surface area contributed by atoms with Crippen molar-refractivity contribution in [2.45, 2.75) is 87.9 Å². The molecule has 4 N–H and O–H groups in total. The average molecular weight is 416 g/mol. The number of aromatic amines is 1. The third-order valence-electron chi connectivity index (χ3n) is 9.93. The quantitative estimate of drug-likeness (QED) is 0.554. The van der Waals surface area contributed by atoms with E-state index in [0.29, 0.717) is 32.1 Å². The van der Waals surface area contributed by atoms with Crippen LogP contribution in [-0.2, 0) is 4.79 Å². The highest BCUT2D eigenvalue weighted by Gasteiger charge is 2.71. The maximum absolute atomic E-state index is 12.5. The van der Waals surface area contributed by atoms with Crippen LogP contribution >= 0.6 is 0 Å². The lowest BCUT2D eigenvalue weighted by molar-refractivity contribution is -0.246. The molecule has 164 valence electrons. The minimum Gasteiger partial charge on any atom is -0.393 e. The number of fused-ring (bicyclic) bond motifs is 5. The lowest BCUT2D eigenvalue weighted by Gasteiger charge is -2.65. The van der Waals surface area contributed by atoms with E-state index in [-0.39, 0.29) is 35.1 Å². The zero-order valence-electron chi connectivity index (χ0n) is 17.6. The van der Waals surface area contributed by atoms with Crippen molar-refractivity contribution in [2.75, 3.05) is 0 Å². The predicted molar refractivity (Wildman–Crippen MR) is 111 cm³/mol. The second kappa shape index (κ2) is 6.50. The first-order valence-corrected chi connectivity index (χ1v) is 11.5. The molecule has 0 spiro atoms. The van der Waals surface area contributed by atoms with Crippen molar-refractivity contribution in [3.8, 4) is 0 Å². The molecule has 0 aromatic carbocycles. The van der Waals surface area contributed by atoms with Crippen LogP contribution in [0.25, 0.3) is 0 Å². The minimum atomic E-state index is -1.17. The van der Waals surface area contributed by atoms with Crippen LogP contribution in [0.15, 0.2) is 23.1 Å². The first kappa shape index (κ1) is 20.4. The normalized spacial score (nSPS) is 50.3. The van der Waals surface area contributed by atoms with Crippen LogP contribution in [-0.4, -0.2) is 43.9 Å². The van der Waals surface area contributed by atoms with Gasteiger partial charge in [0.05, 0.1) is 22.7 Å². The van der Waals surface area contributed by atoms with Crippen LogP contribution in [0.5, 0.6) is 0 Å². The fourth-order valence-corrected chi connectivity index (χ4v) is 8.33. The summed E-state index contributed by atoms with van der Waals surface area (Å²) in [7, 11) is 0. The molecule has 0 radical (unpaired) electrons. The van der Waals surface area contributed by atoms with Crippen molar-refractivity contribution in [1.29, 1.82) is 0 Å². The van der Waals surface area contributed by atoms with Gasteiger partial charge in [-0.25, -0.2) is 0 Å². The summed E-state index contributed by atoms with van der Waals surface area (Å²) in [4.78, 5) is 26.8. The van der Waals surface area contributed by atoms with Crippen LogP contribution < -0.4 is 5.56 Å². The Labute approximate surface area is 176 Å². The number of carbonyl (C=O) groups excluding carboxylic acids is 1. The molecule has 4 fully saturated rings. The molecule has 30 heavy (non-hydrogen) atoms. The van der Waals surface area contributed by atoms with Gasteiger partial charge >= 0.3 is 0 Å². The van der Waals surface area contributed by atoms with E-state index < -0.39 is 22.7 Å². The van der Waals surface area contributed by atoms with Gasteiger partial charge in [-0.1, -0.05) is 13.0 Å². The second-order valence-corrected chi connectivity index (χ2v) is 10.8. The molecule has 1 aromatic rings. The van der Waals surface area contributed by atoms with Gasteiger partial charge in [0.25, 0.3) is 0 Å². The maximum Gasteiger partial charge on any atom is 0.247 e. The smallest absolute Gasteiger partial charge is 0.247 e. The van der Waals surface area contributed by atoms with Gasteiger partial charge in [-0.15, -0.1) is 0 Å². The zero-order chi connectivity index (χ0) is 21.4. The van der Waals surface area contributed by atoms with Crippen molar-refractivity contribution < 1.29 is 20.1 Å². The van der Waals surface area contributed by atoms with Crippen molar-refractivity contribution in [3.05, 3.63) is 34.2 Å². The monoisotopic (exact) mass is 415 g/mol. The standard InChI is InChI=1S/C24H33NO5/c1-21-8-5-18-19(6-10-23(29)12-16(27)4-9-22(18,23)14-26)24(21,30)11-7-17(21)15-2-3-20(28)25-13-15/h2-3,13-14,16-19,27,29-30H,4-12H2,1H3,(H,25,28)/t16-,17?,18-,19+,21+,22-,23-,24-/m0/s1. The first-order chi connectivity index (χ1) is 14.2. The van der Waals surface area contributed by atoms with E-state index in [9.17, 15) is 24.9 Å². The first-order valence-electron chi connectivity index (χ1n) is 11.5. The van der Waals surface area contributed by atoms with E-state index in [1.807, 2.05) is 6.07 Å². The summed E-state index contributed by atoms with van der Waals surface area (Å²) in [6.45, 7) is 2.17.